The summed E-state index contributed by atoms with van der Waals surface area (Å²) in [5.41, 5.74) is 0.533. The second-order valence-electron chi connectivity index (χ2n) is 7.07. The fraction of sp³-hybridized carbons (Fsp3) is 0.348. The van der Waals surface area contributed by atoms with Gasteiger partial charge in [0.2, 0.25) is 5.91 Å². The zero-order chi connectivity index (χ0) is 21.4. The van der Waals surface area contributed by atoms with Gasteiger partial charge in [-0.2, -0.15) is 0 Å². The van der Waals surface area contributed by atoms with E-state index in [1.165, 1.54) is 14.2 Å². The van der Waals surface area contributed by atoms with Gasteiger partial charge in [0.1, 0.15) is 6.04 Å². The smallest absolute Gasteiger partial charge is 0.328 e. The number of amides is 1. The Kier molecular flexibility index (Phi) is 7.53. The normalized spacial score (nSPS) is 13.1. The van der Waals surface area contributed by atoms with Crippen molar-refractivity contribution in [1.82, 2.24) is 5.32 Å². The Morgan fingerprint density at radius 1 is 0.862 bits per heavy atom. The molecule has 6 nitrogen and oxygen atoms in total. The number of rotatable bonds is 8. The lowest BCUT2D eigenvalue weighted by Gasteiger charge is -2.31. The Bertz CT molecular complexity index is 795. The van der Waals surface area contributed by atoms with E-state index in [0.717, 1.165) is 11.1 Å². The van der Waals surface area contributed by atoms with Gasteiger partial charge >= 0.3 is 11.9 Å². The van der Waals surface area contributed by atoms with Gasteiger partial charge in [-0.1, -0.05) is 67.6 Å². The molecule has 2 aromatic rings. The summed E-state index contributed by atoms with van der Waals surface area (Å²) in [6.45, 7) is 3.45. The Morgan fingerprint density at radius 3 is 1.72 bits per heavy atom. The van der Waals surface area contributed by atoms with Gasteiger partial charge in [0, 0.05) is 0 Å². The number of hydrogen-bond donors (Lipinski definition) is 1. The molecule has 1 amide bonds. The molecule has 0 radical (unpaired) electrons. The molecule has 2 aromatic carbocycles. The first-order valence-electron chi connectivity index (χ1n) is 9.42. The zero-order valence-electron chi connectivity index (χ0n) is 17.2. The fourth-order valence-corrected chi connectivity index (χ4v) is 3.28. The van der Waals surface area contributed by atoms with Gasteiger partial charge < -0.3 is 14.8 Å². The largest absolute Gasteiger partial charge is 0.469 e. The number of ether oxygens (including phenoxy) is 2. The second kappa shape index (κ2) is 9.87. The van der Waals surface area contributed by atoms with Crippen LogP contribution in [0.15, 0.2) is 60.7 Å². The molecule has 29 heavy (non-hydrogen) atoms. The first kappa shape index (κ1) is 22.1. The molecule has 2 rings (SSSR count). The number of hydrogen-bond acceptors (Lipinski definition) is 5. The number of benzene rings is 2. The van der Waals surface area contributed by atoms with E-state index < -0.39 is 29.3 Å². The number of esters is 2. The summed E-state index contributed by atoms with van der Waals surface area (Å²) >= 11 is 0. The molecule has 0 spiro atoms. The molecule has 0 aliphatic carbocycles. The minimum Gasteiger partial charge on any atom is -0.469 e. The highest BCUT2D eigenvalue weighted by atomic mass is 16.5. The lowest BCUT2D eigenvalue weighted by molar-refractivity contribution is -0.149. The van der Waals surface area contributed by atoms with E-state index in [1.54, 1.807) is 6.92 Å². The first-order chi connectivity index (χ1) is 13.8. The third-order valence-electron chi connectivity index (χ3n) is 5.14. The number of carbonyl (C=O) groups is 3. The predicted octanol–water partition coefficient (Wildman–Crippen LogP) is 2.85. The first-order valence-corrected chi connectivity index (χ1v) is 9.42. The van der Waals surface area contributed by atoms with Gasteiger partial charge in [0.25, 0.3) is 0 Å². The summed E-state index contributed by atoms with van der Waals surface area (Å²) in [4.78, 5) is 37.6. The van der Waals surface area contributed by atoms with Crippen LogP contribution in [0.25, 0.3) is 0 Å². The van der Waals surface area contributed by atoms with Gasteiger partial charge in [-0.05, 0) is 24.5 Å². The van der Waals surface area contributed by atoms with Gasteiger partial charge in [-0.15, -0.1) is 0 Å². The lowest BCUT2D eigenvalue weighted by Crippen LogP contribution is -2.51. The molecule has 0 heterocycles. The molecule has 0 aromatic heterocycles. The monoisotopic (exact) mass is 397 g/mol. The van der Waals surface area contributed by atoms with Crippen LogP contribution in [0, 0.1) is 5.92 Å². The van der Waals surface area contributed by atoms with Gasteiger partial charge in [0.05, 0.1) is 25.6 Å². The van der Waals surface area contributed by atoms with E-state index in [9.17, 15) is 14.4 Å². The molecule has 154 valence electrons. The topological polar surface area (TPSA) is 81.7 Å². The maximum absolute atomic E-state index is 13.5. The summed E-state index contributed by atoms with van der Waals surface area (Å²) in [7, 11) is 2.53. The third kappa shape index (κ3) is 5.02. The lowest BCUT2D eigenvalue weighted by atomic mass is 9.75. The van der Waals surface area contributed by atoms with Crippen molar-refractivity contribution in [2.75, 3.05) is 14.2 Å². The molecule has 1 N–H and O–H groups in total. The van der Waals surface area contributed by atoms with Crippen molar-refractivity contribution in [3.05, 3.63) is 71.8 Å². The third-order valence-corrected chi connectivity index (χ3v) is 5.14. The maximum atomic E-state index is 13.5. The number of methoxy groups -OCH3 is 2. The van der Waals surface area contributed by atoms with Crippen molar-refractivity contribution >= 4 is 17.8 Å². The summed E-state index contributed by atoms with van der Waals surface area (Å²) in [5.74, 6) is -2.01. The Morgan fingerprint density at radius 2 is 1.31 bits per heavy atom. The van der Waals surface area contributed by atoms with E-state index in [-0.39, 0.29) is 12.3 Å². The average molecular weight is 397 g/mol. The highest BCUT2D eigenvalue weighted by Gasteiger charge is 2.39. The number of nitrogens with one attached hydrogen (secondary N) is 1. The van der Waals surface area contributed by atoms with E-state index in [0.29, 0.717) is 0 Å². The molecule has 0 fully saturated rings. The molecule has 6 heteroatoms. The van der Waals surface area contributed by atoms with E-state index >= 15 is 0 Å². The van der Waals surface area contributed by atoms with Crippen molar-refractivity contribution in [1.29, 1.82) is 0 Å². The minimum absolute atomic E-state index is 0.0742. The Balaban J connectivity index is 2.39. The van der Waals surface area contributed by atoms with Gasteiger partial charge in [-0.25, -0.2) is 4.79 Å². The van der Waals surface area contributed by atoms with Crippen molar-refractivity contribution in [2.45, 2.75) is 31.7 Å². The standard InChI is InChI=1S/C23H27NO5/c1-16(20(25)28-3)15-19(21(26)29-4)24-22(27)23(2,17-11-7-5-8-12-17)18-13-9-6-10-14-18/h5-14,16,19H,15H2,1-4H3,(H,24,27)/t16-,19+/m1/s1. The van der Waals surface area contributed by atoms with Crippen LogP contribution in [0.1, 0.15) is 31.4 Å². The number of carbonyl (C=O) groups excluding carboxylic acids is 3. The molecular weight excluding hydrogens is 370 g/mol. The van der Waals surface area contributed by atoms with Crippen molar-refractivity contribution < 1.29 is 23.9 Å². The van der Waals surface area contributed by atoms with E-state index in [2.05, 4.69) is 5.32 Å². The molecule has 0 aliphatic rings. The Hall–Kier alpha value is -3.15. The molecule has 0 unspecified atom stereocenters. The minimum atomic E-state index is -1.04. The quantitative estimate of drug-likeness (QED) is 0.693. The molecule has 0 saturated heterocycles. The highest BCUT2D eigenvalue weighted by molar-refractivity contribution is 5.94. The van der Waals surface area contributed by atoms with Crippen LogP contribution < -0.4 is 5.32 Å². The summed E-state index contributed by atoms with van der Waals surface area (Å²) in [5, 5.41) is 2.79. The molecular formula is C23H27NO5. The molecule has 0 bridgehead atoms. The van der Waals surface area contributed by atoms with Crippen LogP contribution in [0.5, 0.6) is 0 Å². The fourth-order valence-electron chi connectivity index (χ4n) is 3.28. The Labute approximate surface area is 171 Å². The van der Waals surface area contributed by atoms with Crippen molar-refractivity contribution in [3.63, 3.8) is 0 Å². The summed E-state index contributed by atoms with van der Waals surface area (Å²) < 4.78 is 9.58. The van der Waals surface area contributed by atoms with Crippen LogP contribution in [0.3, 0.4) is 0 Å². The van der Waals surface area contributed by atoms with Crippen LogP contribution in [0.2, 0.25) is 0 Å². The zero-order valence-corrected chi connectivity index (χ0v) is 17.2. The van der Waals surface area contributed by atoms with Crippen LogP contribution in [0.4, 0.5) is 0 Å². The predicted molar refractivity (Wildman–Crippen MR) is 109 cm³/mol. The molecule has 0 saturated carbocycles. The van der Waals surface area contributed by atoms with Crippen LogP contribution >= 0.6 is 0 Å². The van der Waals surface area contributed by atoms with Crippen LogP contribution in [-0.4, -0.2) is 38.1 Å². The summed E-state index contributed by atoms with van der Waals surface area (Å²) in [6, 6.07) is 17.7. The van der Waals surface area contributed by atoms with Crippen molar-refractivity contribution in [3.8, 4) is 0 Å². The van der Waals surface area contributed by atoms with Crippen LogP contribution in [-0.2, 0) is 29.3 Å². The van der Waals surface area contributed by atoms with Crippen molar-refractivity contribution in [2.24, 2.45) is 5.92 Å². The van der Waals surface area contributed by atoms with Gasteiger partial charge in [-0.3, -0.25) is 9.59 Å². The molecule has 2 atom stereocenters. The maximum Gasteiger partial charge on any atom is 0.328 e. The second-order valence-corrected chi connectivity index (χ2v) is 7.07. The summed E-state index contributed by atoms with van der Waals surface area (Å²) in [6.07, 6.45) is 0.0742. The van der Waals surface area contributed by atoms with Gasteiger partial charge in [0.15, 0.2) is 0 Å². The average Bonchev–Trinajstić information content (AvgIpc) is 2.77. The van der Waals surface area contributed by atoms with E-state index in [1.807, 2.05) is 67.6 Å². The highest BCUT2D eigenvalue weighted by Crippen LogP contribution is 2.32. The molecule has 0 aliphatic heterocycles. The van der Waals surface area contributed by atoms with E-state index in [4.69, 9.17) is 9.47 Å². The SMILES string of the molecule is COC(=O)[C@H](C)C[C@H](NC(=O)C(C)(c1ccccc1)c1ccccc1)C(=O)OC.